The van der Waals surface area contributed by atoms with Crippen LogP contribution in [-0.2, 0) is 4.79 Å². The number of hydrogen-bond acceptors (Lipinski definition) is 6. The van der Waals surface area contributed by atoms with E-state index in [0.29, 0.717) is 61.5 Å². The summed E-state index contributed by atoms with van der Waals surface area (Å²) in [5.74, 6) is 1.96. The molecule has 0 bridgehead atoms. The van der Waals surface area contributed by atoms with E-state index in [2.05, 4.69) is 27.1 Å². The maximum absolute atomic E-state index is 13.0. The van der Waals surface area contributed by atoms with E-state index in [0.717, 1.165) is 16.9 Å². The third kappa shape index (κ3) is 6.40. The second-order valence-corrected chi connectivity index (χ2v) is 8.89. The highest BCUT2D eigenvalue weighted by Gasteiger charge is 2.24. The quantitative estimate of drug-likeness (QED) is 0.451. The van der Waals surface area contributed by atoms with Crippen molar-refractivity contribution in [2.24, 2.45) is 0 Å². The summed E-state index contributed by atoms with van der Waals surface area (Å²) < 4.78 is 0. The number of benzene rings is 2. The van der Waals surface area contributed by atoms with Gasteiger partial charge in [0.05, 0.1) is 0 Å². The van der Waals surface area contributed by atoms with E-state index in [4.69, 9.17) is 16.6 Å². The number of carbonyl (C=O) groups is 2. The molecule has 0 radical (unpaired) electrons. The van der Waals surface area contributed by atoms with E-state index < -0.39 is 0 Å². The second kappa shape index (κ2) is 11.7. The van der Waals surface area contributed by atoms with Crippen molar-refractivity contribution >= 4 is 41.1 Å². The highest BCUT2D eigenvalue weighted by Crippen LogP contribution is 2.25. The van der Waals surface area contributed by atoms with Gasteiger partial charge in [-0.05, 0) is 42.0 Å². The van der Waals surface area contributed by atoms with Crippen molar-refractivity contribution in [3.8, 4) is 11.4 Å². The molecule has 2 heterocycles. The Bertz CT molecular complexity index is 1220. The predicted molar refractivity (Wildman–Crippen MR) is 144 cm³/mol. The molecule has 1 fully saturated rings. The van der Waals surface area contributed by atoms with Crippen LogP contribution in [0.2, 0.25) is 5.02 Å². The molecule has 1 aliphatic rings. The van der Waals surface area contributed by atoms with Crippen LogP contribution in [0, 0.1) is 0 Å². The number of nitrogens with one attached hydrogen (secondary N) is 2. The zero-order chi connectivity index (χ0) is 25.5. The minimum atomic E-state index is -0.0777. The zero-order valence-electron chi connectivity index (χ0n) is 20.2. The van der Waals surface area contributed by atoms with Crippen LogP contribution in [0.15, 0.2) is 61.2 Å². The molecule has 0 saturated carbocycles. The number of carbonyl (C=O) groups excluding carboxylic acids is 2. The highest BCUT2D eigenvalue weighted by atomic mass is 35.5. The van der Waals surface area contributed by atoms with Crippen molar-refractivity contribution in [3.63, 3.8) is 0 Å². The van der Waals surface area contributed by atoms with E-state index in [1.807, 2.05) is 59.5 Å². The van der Waals surface area contributed by atoms with Crippen LogP contribution < -0.4 is 15.5 Å². The van der Waals surface area contributed by atoms with Crippen molar-refractivity contribution in [2.45, 2.75) is 6.92 Å². The third-order valence-corrected chi connectivity index (χ3v) is 6.16. The van der Waals surface area contributed by atoms with Gasteiger partial charge in [-0.2, -0.15) is 0 Å². The molecular weight excluding hydrogens is 476 g/mol. The van der Waals surface area contributed by atoms with Gasteiger partial charge in [0.25, 0.3) is 5.91 Å². The lowest BCUT2D eigenvalue weighted by atomic mass is 10.1. The number of amides is 2. The van der Waals surface area contributed by atoms with Crippen molar-refractivity contribution in [1.82, 2.24) is 20.2 Å². The lowest BCUT2D eigenvalue weighted by Gasteiger charge is -2.35. The number of anilines is 2. The van der Waals surface area contributed by atoms with Gasteiger partial charge in [-0.15, -0.1) is 0 Å². The molecule has 3 aromatic rings. The van der Waals surface area contributed by atoms with Crippen LogP contribution in [0.5, 0.6) is 0 Å². The van der Waals surface area contributed by atoms with Crippen LogP contribution in [0.1, 0.15) is 22.8 Å². The maximum Gasteiger partial charge on any atom is 0.253 e. The van der Waals surface area contributed by atoms with Crippen LogP contribution in [0.25, 0.3) is 17.5 Å². The molecule has 0 aliphatic carbocycles. The fourth-order valence-electron chi connectivity index (χ4n) is 3.93. The van der Waals surface area contributed by atoms with E-state index in [1.165, 1.54) is 6.92 Å². The van der Waals surface area contributed by atoms with Gasteiger partial charge in [-0.3, -0.25) is 9.59 Å². The number of hydrogen-bond donors (Lipinski definition) is 2. The van der Waals surface area contributed by atoms with Crippen LogP contribution >= 0.6 is 11.6 Å². The molecule has 0 atom stereocenters. The summed E-state index contributed by atoms with van der Waals surface area (Å²) in [6.45, 7) is 8.75. The fraction of sp³-hybridized carbons (Fsp3) is 0.259. The molecular formula is C27H29ClN6O2. The van der Waals surface area contributed by atoms with Crippen molar-refractivity contribution in [1.29, 1.82) is 0 Å². The van der Waals surface area contributed by atoms with Crippen LogP contribution in [0.4, 0.5) is 11.6 Å². The van der Waals surface area contributed by atoms with Gasteiger partial charge in [-0.25, -0.2) is 9.97 Å². The maximum atomic E-state index is 13.0. The first-order valence-electron chi connectivity index (χ1n) is 11.8. The van der Waals surface area contributed by atoms with Gasteiger partial charge in [0.1, 0.15) is 11.6 Å². The van der Waals surface area contributed by atoms with Crippen molar-refractivity contribution in [2.75, 3.05) is 49.5 Å². The van der Waals surface area contributed by atoms with Gasteiger partial charge in [0.2, 0.25) is 5.91 Å². The number of aromatic nitrogens is 2. The Morgan fingerprint density at radius 2 is 1.69 bits per heavy atom. The summed E-state index contributed by atoms with van der Waals surface area (Å²) >= 11 is 6.06. The smallest absolute Gasteiger partial charge is 0.253 e. The average Bonchev–Trinajstić information content (AvgIpc) is 2.91. The summed E-state index contributed by atoms with van der Waals surface area (Å²) in [7, 11) is 0. The fourth-order valence-corrected chi connectivity index (χ4v) is 4.05. The van der Waals surface area contributed by atoms with Crippen molar-refractivity contribution in [3.05, 3.63) is 77.3 Å². The summed E-state index contributed by atoms with van der Waals surface area (Å²) in [4.78, 5) is 37.6. The van der Waals surface area contributed by atoms with E-state index >= 15 is 0 Å². The molecule has 186 valence electrons. The number of nitrogens with zero attached hydrogens (tertiary/aromatic N) is 4. The van der Waals surface area contributed by atoms with Crippen LogP contribution in [-0.4, -0.2) is 66.0 Å². The Labute approximate surface area is 216 Å². The molecule has 4 rings (SSSR count). The molecule has 8 nitrogen and oxygen atoms in total. The van der Waals surface area contributed by atoms with Gasteiger partial charge < -0.3 is 20.4 Å². The standard InChI is InChI=1S/C27H29ClN6O2/c1-3-20-4-6-22(7-5-20)27(36)34-16-14-33(15-17-34)25-18-24(30-13-12-29-19(2)35)31-26(32-25)21-8-10-23(28)11-9-21/h3-11,18H,1,12-17H2,2H3,(H,29,35)(H,30,31,32). The highest BCUT2D eigenvalue weighted by molar-refractivity contribution is 6.30. The van der Waals surface area contributed by atoms with E-state index in [1.54, 1.807) is 6.08 Å². The van der Waals surface area contributed by atoms with Crippen LogP contribution in [0.3, 0.4) is 0 Å². The normalized spacial score (nSPS) is 13.3. The molecule has 1 aromatic heterocycles. The predicted octanol–water partition coefficient (Wildman–Crippen LogP) is 3.95. The summed E-state index contributed by atoms with van der Waals surface area (Å²) in [5.41, 5.74) is 2.51. The Morgan fingerprint density at radius 1 is 1.00 bits per heavy atom. The molecule has 36 heavy (non-hydrogen) atoms. The molecule has 2 aromatic carbocycles. The summed E-state index contributed by atoms with van der Waals surface area (Å²) in [6.07, 6.45) is 1.76. The Kier molecular flexibility index (Phi) is 8.17. The summed E-state index contributed by atoms with van der Waals surface area (Å²) in [5, 5.41) is 6.68. The topological polar surface area (TPSA) is 90.5 Å². The first-order valence-corrected chi connectivity index (χ1v) is 12.2. The number of piperazine rings is 1. The largest absolute Gasteiger partial charge is 0.368 e. The monoisotopic (exact) mass is 504 g/mol. The lowest BCUT2D eigenvalue weighted by Crippen LogP contribution is -2.49. The van der Waals surface area contributed by atoms with Gasteiger partial charge in [0.15, 0.2) is 5.82 Å². The molecule has 0 spiro atoms. The van der Waals surface area contributed by atoms with Gasteiger partial charge in [-0.1, -0.05) is 36.4 Å². The minimum Gasteiger partial charge on any atom is -0.368 e. The number of rotatable bonds is 8. The second-order valence-electron chi connectivity index (χ2n) is 8.46. The molecule has 9 heteroatoms. The first kappa shape index (κ1) is 25.2. The third-order valence-electron chi connectivity index (χ3n) is 5.90. The summed E-state index contributed by atoms with van der Waals surface area (Å²) in [6, 6.07) is 16.8. The zero-order valence-corrected chi connectivity index (χ0v) is 21.0. The lowest BCUT2D eigenvalue weighted by molar-refractivity contribution is -0.118. The number of halogens is 1. The van der Waals surface area contributed by atoms with Crippen molar-refractivity contribution < 1.29 is 9.59 Å². The van der Waals surface area contributed by atoms with E-state index in [9.17, 15) is 9.59 Å². The SMILES string of the molecule is C=Cc1ccc(C(=O)N2CCN(c3cc(NCCNC(C)=O)nc(-c4ccc(Cl)cc4)n3)CC2)cc1. The molecule has 1 aliphatic heterocycles. The molecule has 2 N–H and O–H groups in total. The Morgan fingerprint density at radius 3 is 2.33 bits per heavy atom. The Hall–Kier alpha value is -3.91. The molecule has 1 saturated heterocycles. The van der Waals surface area contributed by atoms with Gasteiger partial charge in [0, 0.05) is 68.4 Å². The van der Waals surface area contributed by atoms with Gasteiger partial charge >= 0.3 is 0 Å². The molecule has 2 amide bonds. The molecule has 0 unspecified atom stereocenters. The Balaban J connectivity index is 1.48. The van der Waals surface area contributed by atoms with E-state index in [-0.39, 0.29) is 11.8 Å². The minimum absolute atomic E-state index is 0.0233. The average molecular weight is 505 g/mol. The first-order chi connectivity index (χ1) is 17.4.